The van der Waals surface area contributed by atoms with Gasteiger partial charge >= 0.3 is 5.97 Å². The van der Waals surface area contributed by atoms with Gasteiger partial charge in [-0.3, -0.25) is 0 Å². The summed E-state index contributed by atoms with van der Waals surface area (Å²) in [6.07, 6.45) is -0.299. The van der Waals surface area contributed by atoms with Crippen LogP contribution in [0.3, 0.4) is 0 Å². The average molecular weight is 264 g/mol. The zero-order valence-corrected chi connectivity index (χ0v) is 12.4. The largest absolute Gasteiger partial charge is 0.459 e. The van der Waals surface area contributed by atoms with Crippen molar-refractivity contribution in [3.8, 4) is 0 Å². The third-order valence-corrected chi connectivity index (χ3v) is 2.97. The van der Waals surface area contributed by atoms with Gasteiger partial charge in [0.25, 0.3) is 0 Å². The van der Waals surface area contributed by atoms with E-state index in [4.69, 9.17) is 4.74 Å². The molecule has 0 aliphatic heterocycles. The van der Waals surface area contributed by atoms with Gasteiger partial charge in [-0.25, -0.2) is 4.79 Å². The van der Waals surface area contributed by atoms with Gasteiger partial charge in [0.15, 0.2) is 0 Å². The maximum absolute atomic E-state index is 11.9. The minimum absolute atomic E-state index is 0.0715. The summed E-state index contributed by atoms with van der Waals surface area (Å²) in [7, 11) is 0. The predicted octanol–water partition coefficient (Wildman–Crippen LogP) is 3.30. The van der Waals surface area contributed by atoms with Gasteiger partial charge in [0.05, 0.1) is 11.7 Å². The molecular weight excluding hydrogens is 240 g/mol. The molecule has 1 N–H and O–H groups in total. The molecule has 1 aromatic rings. The molecule has 19 heavy (non-hydrogen) atoms. The number of aliphatic hydroxyl groups excluding tert-OH is 1. The van der Waals surface area contributed by atoms with Crippen LogP contribution < -0.4 is 0 Å². The monoisotopic (exact) mass is 264 g/mol. The zero-order chi connectivity index (χ0) is 14.6. The first-order valence-corrected chi connectivity index (χ1v) is 6.69. The van der Waals surface area contributed by atoms with Gasteiger partial charge in [0.1, 0.15) is 6.10 Å². The van der Waals surface area contributed by atoms with E-state index >= 15 is 0 Å². The Morgan fingerprint density at radius 3 is 2.16 bits per heavy atom. The maximum Gasteiger partial charge on any atom is 0.338 e. The van der Waals surface area contributed by atoms with E-state index in [0.29, 0.717) is 12.0 Å². The van der Waals surface area contributed by atoms with Crippen molar-refractivity contribution >= 4 is 5.97 Å². The molecule has 3 nitrogen and oxygen atoms in total. The summed E-state index contributed by atoms with van der Waals surface area (Å²) in [5.41, 5.74) is 1.80. The molecule has 106 valence electrons. The molecule has 0 bridgehead atoms. The first-order chi connectivity index (χ1) is 8.70. The van der Waals surface area contributed by atoms with E-state index in [1.807, 2.05) is 12.1 Å². The zero-order valence-electron chi connectivity index (χ0n) is 12.4. The normalized spacial score (nSPS) is 14.8. The summed E-state index contributed by atoms with van der Waals surface area (Å²) < 4.78 is 5.27. The minimum Gasteiger partial charge on any atom is -0.459 e. The number of carbonyl (C=O) groups excluding carboxylic acids is 1. The van der Waals surface area contributed by atoms with Crippen LogP contribution in [0.25, 0.3) is 0 Å². The van der Waals surface area contributed by atoms with E-state index in [9.17, 15) is 9.90 Å². The summed E-state index contributed by atoms with van der Waals surface area (Å²) in [4.78, 5) is 11.9. The number of ether oxygens (including phenoxy) is 1. The van der Waals surface area contributed by atoms with Crippen LogP contribution in [-0.4, -0.2) is 23.3 Å². The highest BCUT2D eigenvalue weighted by molar-refractivity contribution is 5.89. The summed E-state index contributed by atoms with van der Waals surface area (Å²) in [5.74, 6) is -0.339. The Morgan fingerprint density at radius 1 is 1.21 bits per heavy atom. The van der Waals surface area contributed by atoms with Gasteiger partial charge in [-0.05, 0) is 37.0 Å². The summed E-state index contributed by atoms with van der Waals surface area (Å²) in [6.45, 7) is 9.86. The Bertz CT molecular complexity index is 413. The highest BCUT2D eigenvalue weighted by Gasteiger charge is 2.16. The molecule has 1 rings (SSSR count). The van der Waals surface area contributed by atoms with Crippen LogP contribution in [-0.2, 0) is 10.2 Å². The lowest BCUT2D eigenvalue weighted by molar-refractivity contribution is 0.0222. The lowest BCUT2D eigenvalue weighted by Crippen LogP contribution is -2.20. The molecule has 1 aromatic carbocycles. The van der Waals surface area contributed by atoms with Crippen LogP contribution >= 0.6 is 0 Å². The Balaban J connectivity index is 2.68. The van der Waals surface area contributed by atoms with Crippen LogP contribution in [0.15, 0.2) is 24.3 Å². The Labute approximate surface area is 115 Å². The Morgan fingerprint density at radius 2 is 1.74 bits per heavy atom. The van der Waals surface area contributed by atoms with E-state index in [2.05, 4.69) is 20.8 Å². The predicted molar refractivity (Wildman–Crippen MR) is 76.3 cm³/mol. The third-order valence-electron chi connectivity index (χ3n) is 2.97. The lowest BCUT2D eigenvalue weighted by atomic mass is 9.87. The second kappa shape index (κ2) is 6.20. The molecule has 0 saturated heterocycles. The number of rotatable bonds is 4. The molecule has 3 heteroatoms. The number of carbonyl (C=O) groups is 1. The van der Waals surface area contributed by atoms with Crippen molar-refractivity contribution < 1.29 is 14.6 Å². The van der Waals surface area contributed by atoms with Crippen LogP contribution in [0, 0.1) is 0 Å². The molecule has 0 saturated carbocycles. The highest BCUT2D eigenvalue weighted by Crippen LogP contribution is 2.22. The summed E-state index contributed by atoms with van der Waals surface area (Å²) in [6, 6.07) is 7.49. The second-order valence-corrected chi connectivity index (χ2v) is 6.13. The van der Waals surface area contributed by atoms with Gasteiger partial charge in [0.2, 0.25) is 0 Å². The smallest absolute Gasteiger partial charge is 0.338 e. The van der Waals surface area contributed by atoms with Crippen LogP contribution in [0.2, 0.25) is 0 Å². The number of hydrogen-bond donors (Lipinski definition) is 1. The molecule has 0 aliphatic carbocycles. The standard InChI is InChI=1S/C16H24O3/c1-11(17)10-12(2)19-15(18)13-6-8-14(9-7-13)16(3,4)5/h6-9,11-12,17H,10H2,1-5H3/t11-,12+/m1/s1. The summed E-state index contributed by atoms with van der Waals surface area (Å²) in [5, 5.41) is 9.24. The third kappa shape index (κ3) is 5.03. The van der Waals surface area contributed by atoms with Crippen molar-refractivity contribution in [2.24, 2.45) is 0 Å². The second-order valence-electron chi connectivity index (χ2n) is 6.13. The molecule has 0 aliphatic rings. The highest BCUT2D eigenvalue weighted by atomic mass is 16.5. The van der Waals surface area contributed by atoms with E-state index in [1.54, 1.807) is 26.0 Å². The van der Waals surface area contributed by atoms with Crippen molar-refractivity contribution in [2.75, 3.05) is 0 Å². The molecule has 0 radical (unpaired) electrons. The van der Waals surface area contributed by atoms with Crippen LogP contribution in [0.5, 0.6) is 0 Å². The van der Waals surface area contributed by atoms with Gasteiger partial charge in [-0.1, -0.05) is 32.9 Å². The topological polar surface area (TPSA) is 46.5 Å². The molecule has 0 fully saturated rings. The first-order valence-electron chi connectivity index (χ1n) is 6.69. The molecule has 0 heterocycles. The van der Waals surface area contributed by atoms with Crippen molar-refractivity contribution in [3.05, 3.63) is 35.4 Å². The molecule has 0 aromatic heterocycles. The Hall–Kier alpha value is -1.35. The quantitative estimate of drug-likeness (QED) is 0.849. The van der Waals surface area contributed by atoms with Crippen LogP contribution in [0.4, 0.5) is 0 Å². The van der Waals surface area contributed by atoms with Gasteiger partial charge < -0.3 is 9.84 Å². The van der Waals surface area contributed by atoms with Crippen LogP contribution in [0.1, 0.15) is 57.0 Å². The number of esters is 1. The van der Waals surface area contributed by atoms with Gasteiger partial charge in [-0.15, -0.1) is 0 Å². The van der Waals surface area contributed by atoms with Gasteiger partial charge in [0, 0.05) is 6.42 Å². The van der Waals surface area contributed by atoms with Crippen molar-refractivity contribution in [1.82, 2.24) is 0 Å². The number of hydrogen-bond acceptors (Lipinski definition) is 3. The van der Waals surface area contributed by atoms with E-state index in [0.717, 1.165) is 0 Å². The van der Waals surface area contributed by atoms with Crippen molar-refractivity contribution in [2.45, 2.75) is 58.7 Å². The van der Waals surface area contributed by atoms with E-state index in [1.165, 1.54) is 5.56 Å². The number of benzene rings is 1. The first kappa shape index (κ1) is 15.7. The fourth-order valence-electron chi connectivity index (χ4n) is 1.89. The van der Waals surface area contributed by atoms with E-state index in [-0.39, 0.29) is 17.5 Å². The summed E-state index contributed by atoms with van der Waals surface area (Å²) >= 11 is 0. The molecule has 2 atom stereocenters. The molecule has 0 spiro atoms. The maximum atomic E-state index is 11.9. The minimum atomic E-state index is -0.467. The van der Waals surface area contributed by atoms with Crippen molar-refractivity contribution in [3.63, 3.8) is 0 Å². The van der Waals surface area contributed by atoms with E-state index < -0.39 is 6.10 Å². The fourth-order valence-corrected chi connectivity index (χ4v) is 1.89. The number of aliphatic hydroxyl groups is 1. The lowest BCUT2D eigenvalue weighted by Gasteiger charge is -2.19. The molecule has 0 unspecified atom stereocenters. The SMILES string of the molecule is C[C@@H](O)C[C@H](C)OC(=O)c1ccc(C(C)(C)C)cc1. The Kier molecular flexibility index (Phi) is 5.12. The fraction of sp³-hybridized carbons (Fsp3) is 0.562. The van der Waals surface area contributed by atoms with Gasteiger partial charge in [-0.2, -0.15) is 0 Å². The average Bonchev–Trinajstić information content (AvgIpc) is 2.26. The molecule has 0 amide bonds. The van der Waals surface area contributed by atoms with Crippen molar-refractivity contribution in [1.29, 1.82) is 0 Å². The molecular formula is C16H24O3.